The molecule has 5 heteroatoms. The van der Waals surface area contributed by atoms with Crippen molar-refractivity contribution in [1.29, 1.82) is 0 Å². The zero-order valence-electron chi connectivity index (χ0n) is 13.9. The van der Waals surface area contributed by atoms with Crippen molar-refractivity contribution >= 4 is 40.1 Å². The summed E-state index contributed by atoms with van der Waals surface area (Å²) in [5.41, 5.74) is 2.53. The number of halogens is 2. The van der Waals surface area contributed by atoms with Gasteiger partial charge in [0.15, 0.2) is 0 Å². The van der Waals surface area contributed by atoms with Gasteiger partial charge in [0.25, 0.3) is 0 Å². The summed E-state index contributed by atoms with van der Waals surface area (Å²) >= 11 is 12.3. The first-order valence-electron chi connectivity index (χ1n) is 7.98. The van der Waals surface area contributed by atoms with E-state index in [0.29, 0.717) is 38.8 Å². The zero-order chi connectivity index (χ0) is 18.0. The highest BCUT2D eigenvalue weighted by Crippen LogP contribution is 2.30. The van der Waals surface area contributed by atoms with Crippen molar-refractivity contribution in [3.8, 4) is 11.3 Å². The second-order valence-corrected chi connectivity index (χ2v) is 7.03. The molecule has 0 aliphatic heterocycles. The molecule has 2 aromatic carbocycles. The molecule has 0 aliphatic carbocycles. The number of carbonyl (C=O) groups excluding carboxylic acids is 1. The molecule has 3 aromatic rings. The fourth-order valence-electron chi connectivity index (χ4n) is 2.47. The number of fused-ring (bicyclic) bond motifs is 1. The topological polar surface area (TPSA) is 39.2 Å². The van der Waals surface area contributed by atoms with Gasteiger partial charge in [0, 0.05) is 16.0 Å². The summed E-state index contributed by atoms with van der Waals surface area (Å²) in [4.78, 5) is 17.2. The van der Waals surface area contributed by atoms with Crippen LogP contribution in [0.3, 0.4) is 0 Å². The predicted molar refractivity (Wildman–Crippen MR) is 102 cm³/mol. The van der Waals surface area contributed by atoms with Crippen LogP contribution < -0.4 is 0 Å². The minimum absolute atomic E-state index is 0.261. The Hall–Kier alpha value is -2.10. The molecule has 0 amide bonds. The molecule has 0 spiro atoms. The van der Waals surface area contributed by atoms with Crippen molar-refractivity contribution in [3.05, 3.63) is 64.1 Å². The Kier molecular flexibility index (Phi) is 5.26. The Morgan fingerprint density at radius 3 is 2.52 bits per heavy atom. The zero-order valence-corrected chi connectivity index (χ0v) is 15.4. The lowest BCUT2D eigenvalue weighted by molar-refractivity contribution is 0.0461. The van der Waals surface area contributed by atoms with Crippen LogP contribution in [-0.4, -0.2) is 17.6 Å². The molecule has 0 N–H and O–H groups in total. The normalized spacial score (nSPS) is 11.1. The van der Waals surface area contributed by atoms with E-state index in [0.717, 1.165) is 5.56 Å². The number of ether oxygens (including phenoxy) is 1. The van der Waals surface area contributed by atoms with Crippen LogP contribution in [0.4, 0.5) is 0 Å². The van der Waals surface area contributed by atoms with Gasteiger partial charge in [-0.15, -0.1) is 0 Å². The van der Waals surface area contributed by atoms with Gasteiger partial charge in [0.1, 0.15) is 0 Å². The number of benzene rings is 2. The lowest BCUT2D eigenvalue weighted by Crippen LogP contribution is -2.11. The molecular weight excluding hydrogens is 357 g/mol. The van der Waals surface area contributed by atoms with Gasteiger partial charge in [-0.2, -0.15) is 0 Å². The molecule has 0 bridgehead atoms. The van der Waals surface area contributed by atoms with Gasteiger partial charge >= 0.3 is 5.97 Å². The quantitative estimate of drug-likeness (QED) is 0.524. The molecule has 0 atom stereocenters. The van der Waals surface area contributed by atoms with Crippen LogP contribution in [0.5, 0.6) is 0 Å². The molecule has 3 rings (SSSR count). The van der Waals surface area contributed by atoms with Crippen LogP contribution in [0, 0.1) is 5.92 Å². The van der Waals surface area contributed by atoms with E-state index >= 15 is 0 Å². The SMILES string of the molecule is CC(C)COC(=O)c1cc(-c2ccc(Cl)cc2)nc2c(Cl)cccc12. The highest BCUT2D eigenvalue weighted by molar-refractivity contribution is 6.35. The summed E-state index contributed by atoms with van der Waals surface area (Å²) in [6, 6.07) is 14.4. The van der Waals surface area contributed by atoms with Gasteiger partial charge in [0.2, 0.25) is 0 Å². The minimum atomic E-state index is -0.376. The average Bonchev–Trinajstić information content (AvgIpc) is 2.60. The highest BCUT2D eigenvalue weighted by atomic mass is 35.5. The van der Waals surface area contributed by atoms with Crippen LogP contribution in [-0.2, 0) is 4.74 Å². The lowest BCUT2D eigenvalue weighted by atomic mass is 10.0. The Bertz CT molecular complexity index is 921. The van der Waals surface area contributed by atoms with Gasteiger partial charge in [-0.25, -0.2) is 9.78 Å². The second-order valence-electron chi connectivity index (χ2n) is 6.19. The Labute approximate surface area is 156 Å². The highest BCUT2D eigenvalue weighted by Gasteiger charge is 2.17. The Morgan fingerprint density at radius 1 is 1.12 bits per heavy atom. The van der Waals surface area contributed by atoms with Crippen molar-refractivity contribution in [3.63, 3.8) is 0 Å². The van der Waals surface area contributed by atoms with E-state index in [1.807, 2.05) is 32.0 Å². The first-order valence-corrected chi connectivity index (χ1v) is 8.73. The standard InChI is InChI=1S/C20H17Cl2NO2/c1-12(2)11-25-20(24)16-10-18(13-6-8-14(21)9-7-13)23-19-15(16)4-3-5-17(19)22/h3-10,12H,11H2,1-2H3. The number of rotatable bonds is 4. The molecule has 128 valence electrons. The van der Waals surface area contributed by atoms with E-state index in [4.69, 9.17) is 27.9 Å². The number of nitrogens with zero attached hydrogens (tertiary/aromatic N) is 1. The number of pyridine rings is 1. The van der Waals surface area contributed by atoms with Crippen molar-refractivity contribution < 1.29 is 9.53 Å². The fraction of sp³-hybridized carbons (Fsp3) is 0.200. The number of hydrogen-bond donors (Lipinski definition) is 0. The fourth-order valence-corrected chi connectivity index (χ4v) is 2.81. The van der Waals surface area contributed by atoms with Gasteiger partial charge < -0.3 is 4.74 Å². The second kappa shape index (κ2) is 7.42. The molecule has 0 saturated heterocycles. The monoisotopic (exact) mass is 373 g/mol. The summed E-state index contributed by atoms with van der Waals surface area (Å²) in [6.07, 6.45) is 0. The van der Waals surface area contributed by atoms with Crippen molar-refractivity contribution in [2.24, 2.45) is 5.92 Å². The molecule has 0 aliphatic rings. The molecular formula is C20H17Cl2NO2. The maximum absolute atomic E-state index is 12.6. The van der Waals surface area contributed by atoms with E-state index in [-0.39, 0.29) is 11.9 Å². The minimum Gasteiger partial charge on any atom is -0.462 e. The van der Waals surface area contributed by atoms with Crippen LogP contribution in [0.1, 0.15) is 24.2 Å². The number of para-hydroxylation sites is 1. The summed E-state index contributed by atoms with van der Waals surface area (Å²) < 4.78 is 5.42. The molecule has 0 saturated carbocycles. The molecule has 0 unspecified atom stereocenters. The van der Waals surface area contributed by atoms with Crippen molar-refractivity contribution in [2.45, 2.75) is 13.8 Å². The van der Waals surface area contributed by atoms with E-state index in [1.54, 1.807) is 30.3 Å². The van der Waals surface area contributed by atoms with E-state index in [9.17, 15) is 4.79 Å². The smallest absolute Gasteiger partial charge is 0.338 e. The van der Waals surface area contributed by atoms with Gasteiger partial charge in [-0.1, -0.05) is 61.3 Å². The first kappa shape index (κ1) is 17.7. The first-order chi connectivity index (χ1) is 12.0. The molecule has 3 nitrogen and oxygen atoms in total. The average molecular weight is 374 g/mol. The van der Waals surface area contributed by atoms with E-state index in [2.05, 4.69) is 4.98 Å². The molecule has 1 heterocycles. The number of esters is 1. The largest absolute Gasteiger partial charge is 0.462 e. The van der Waals surface area contributed by atoms with Crippen molar-refractivity contribution in [2.75, 3.05) is 6.61 Å². The third-order valence-electron chi connectivity index (χ3n) is 3.70. The van der Waals surface area contributed by atoms with Crippen molar-refractivity contribution in [1.82, 2.24) is 4.98 Å². The lowest BCUT2D eigenvalue weighted by Gasteiger charge is -2.12. The summed E-state index contributed by atoms with van der Waals surface area (Å²) in [7, 11) is 0. The Balaban J connectivity index is 2.15. The van der Waals surface area contributed by atoms with Gasteiger partial charge in [-0.05, 0) is 30.2 Å². The van der Waals surface area contributed by atoms with Gasteiger partial charge in [-0.3, -0.25) is 0 Å². The maximum atomic E-state index is 12.6. The van der Waals surface area contributed by atoms with Gasteiger partial charge in [0.05, 0.1) is 28.4 Å². The molecule has 25 heavy (non-hydrogen) atoms. The third kappa shape index (κ3) is 3.94. The predicted octanol–water partition coefficient (Wildman–Crippen LogP) is 6.02. The summed E-state index contributed by atoms with van der Waals surface area (Å²) in [5.74, 6) is -0.116. The van der Waals surface area contributed by atoms with E-state index in [1.165, 1.54) is 0 Å². The molecule has 1 aromatic heterocycles. The maximum Gasteiger partial charge on any atom is 0.338 e. The van der Waals surface area contributed by atoms with E-state index < -0.39 is 0 Å². The summed E-state index contributed by atoms with van der Waals surface area (Å²) in [5, 5.41) is 1.81. The van der Waals surface area contributed by atoms with Crippen LogP contribution in [0.25, 0.3) is 22.2 Å². The molecule has 0 fully saturated rings. The van der Waals surface area contributed by atoms with Crippen LogP contribution in [0.2, 0.25) is 10.0 Å². The number of carbonyl (C=O) groups is 1. The van der Waals surface area contributed by atoms with Crippen LogP contribution in [0.15, 0.2) is 48.5 Å². The summed E-state index contributed by atoms with van der Waals surface area (Å²) in [6.45, 7) is 4.35. The number of hydrogen-bond acceptors (Lipinski definition) is 3. The third-order valence-corrected chi connectivity index (χ3v) is 4.25. The Morgan fingerprint density at radius 2 is 1.84 bits per heavy atom. The molecule has 0 radical (unpaired) electrons. The van der Waals surface area contributed by atoms with Crippen LogP contribution >= 0.6 is 23.2 Å². The number of aromatic nitrogens is 1.